The highest BCUT2D eigenvalue weighted by Gasteiger charge is 2.21. The maximum Gasteiger partial charge on any atom is 0.267 e. The van der Waals surface area contributed by atoms with Crippen LogP contribution in [0.3, 0.4) is 0 Å². The quantitative estimate of drug-likeness (QED) is 0.225. The number of carbonyl (C=O) groups excluding carboxylic acids is 1. The molecule has 4 rings (SSSR count). The van der Waals surface area contributed by atoms with Crippen LogP contribution in [0.5, 0.6) is 0 Å². The van der Waals surface area contributed by atoms with Gasteiger partial charge in [-0.15, -0.1) is 0 Å². The van der Waals surface area contributed by atoms with Gasteiger partial charge in [0.15, 0.2) is 0 Å². The fourth-order valence-electron chi connectivity index (χ4n) is 4.15. The van der Waals surface area contributed by atoms with E-state index >= 15 is 0 Å². The Bertz CT molecular complexity index is 1260. The van der Waals surface area contributed by atoms with Crippen molar-refractivity contribution in [3.63, 3.8) is 0 Å². The van der Waals surface area contributed by atoms with E-state index in [1.54, 1.807) is 11.6 Å². The molecule has 2 N–H and O–H groups in total. The van der Waals surface area contributed by atoms with Gasteiger partial charge in [0.25, 0.3) is 5.91 Å². The Morgan fingerprint density at radius 3 is 2.42 bits per heavy atom. The number of hydrogen-bond donors (Lipinski definition) is 2. The highest BCUT2D eigenvalue weighted by Crippen LogP contribution is 2.32. The normalized spacial score (nSPS) is 12.1. The van der Waals surface area contributed by atoms with Crippen molar-refractivity contribution < 1.29 is 10.0 Å². The molecule has 1 amide bonds. The third kappa shape index (κ3) is 5.10. The number of imidazole rings is 1. The van der Waals surface area contributed by atoms with Gasteiger partial charge >= 0.3 is 0 Å². The molecule has 5 nitrogen and oxygen atoms in total. The summed E-state index contributed by atoms with van der Waals surface area (Å²) in [7, 11) is 0. The van der Waals surface area contributed by atoms with E-state index in [1.165, 1.54) is 17.2 Å². The number of hydroxylamine groups is 1. The first kappa shape index (κ1) is 22.2. The van der Waals surface area contributed by atoms with E-state index in [0.717, 1.165) is 34.8 Å². The average molecular weight is 438 g/mol. The number of hydrogen-bond acceptors (Lipinski definition) is 3. The van der Waals surface area contributed by atoms with Crippen LogP contribution >= 0.6 is 0 Å². The minimum atomic E-state index is -0.565. The lowest BCUT2D eigenvalue weighted by Gasteiger charge is -2.21. The molecule has 4 aromatic rings. The van der Waals surface area contributed by atoms with Crippen LogP contribution in [0.15, 0.2) is 91.0 Å². The average Bonchev–Trinajstić information content (AvgIpc) is 3.18. The fourth-order valence-corrected chi connectivity index (χ4v) is 4.15. The number of nitrogens with zero attached hydrogens (tertiary/aromatic N) is 2. The number of benzene rings is 3. The van der Waals surface area contributed by atoms with Crippen LogP contribution in [0.2, 0.25) is 0 Å². The predicted octanol–water partition coefficient (Wildman–Crippen LogP) is 5.58. The van der Waals surface area contributed by atoms with Gasteiger partial charge in [0.05, 0.1) is 17.4 Å². The Labute approximate surface area is 194 Å². The Morgan fingerprint density at radius 2 is 1.73 bits per heavy atom. The van der Waals surface area contributed by atoms with Crippen LogP contribution in [0.4, 0.5) is 0 Å². The van der Waals surface area contributed by atoms with Crippen molar-refractivity contribution in [2.45, 2.75) is 26.3 Å². The molecule has 1 unspecified atom stereocenters. The van der Waals surface area contributed by atoms with Crippen molar-refractivity contribution in [3.05, 3.63) is 119 Å². The number of aryl methyl sites for hydroxylation is 1. The number of amides is 1. The largest absolute Gasteiger partial charge is 0.320 e. The molecule has 0 fully saturated rings. The summed E-state index contributed by atoms with van der Waals surface area (Å²) < 4.78 is 2.32. The number of carbonyl (C=O) groups is 1. The van der Waals surface area contributed by atoms with Gasteiger partial charge in [0.2, 0.25) is 0 Å². The molecular weight excluding hydrogens is 410 g/mol. The van der Waals surface area contributed by atoms with Gasteiger partial charge in [0.1, 0.15) is 5.82 Å². The smallest absolute Gasteiger partial charge is 0.267 e. The van der Waals surface area contributed by atoms with Crippen LogP contribution in [-0.2, 0) is 11.2 Å². The molecule has 0 aliphatic heterocycles. The van der Waals surface area contributed by atoms with Crippen molar-refractivity contribution in [1.82, 2.24) is 15.0 Å². The van der Waals surface area contributed by atoms with E-state index < -0.39 is 5.91 Å². The van der Waals surface area contributed by atoms with Gasteiger partial charge in [-0.3, -0.25) is 10.0 Å². The van der Waals surface area contributed by atoms with E-state index in [9.17, 15) is 4.79 Å². The van der Waals surface area contributed by atoms with Crippen molar-refractivity contribution in [2.75, 3.05) is 0 Å². The summed E-state index contributed by atoms with van der Waals surface area (Å²) in [4.78, 5) is 16.4. The van der Waals surface area contributed by atoms with Crippen molar-refractivity contribution in [2.24, 2.45) is 0 Å². The summed E-state index contributed by atoms with van der Waals surface area (Å²) in [6, 6.07) is 28.9. The molecule has 0 aliphatic rings. The zero-order valence-corrected chi connectivity index (χ0v) is 18.8. The third-order valence-electron chi connectivity index (χ3n) is 5.73. The highest BCUT2D eigenvalue weighted by molar-refractivity contribution is 5.91. The molecule has 1 atom stereocenters. The van der Waals surface area contributed by atoms with E-state index in [0.29, 0.717) is 0 Å². The van der Waals surface area contributed by atoms with E-state index in [2.05, 4.69) is 66.1 Å². The monoisotopic (exact) mass is 437 g/mol. The summed E-state index contributed by atoms with van der Waals surface area (Å²) in [5, 5.41) is 8.75. The first-order chi connectivity index (χ1) is 16.1. The van der Waals surface area contributed by atoms with Crippen molar-refractivity contribution >= 4 is 12.0 Å². The minimum absolute atomic E-state index is 0.0838. The molecular formula is C28H27N3O2. The molecule has 33 heavy (non-hydrogen) atoms. The van der Waals surface area contributed by atoms with Gasteiger partial charge in [-0.25, -0.2) is 10.5 Å². The third-order valence-corrected chi connectivity index (χ3v) is 5.73. The lowest BCUT2D eigenvalue weighted by molar-refractivity contribution is -0.124. The molecule has 166 valence electrons. The number of nitrogens with one attached hydrogen (secondary N) is 1. The van der Waals surface area contributed by atoms with Crippen LogP contribution in [-0.4, -0.2) is 20.7 Å². The zero-order valence-electron chi connectivity index (χ0n) is 18.8. The van der Waals surface area contributed by atoms with Crippen LogP contribution in [0.1, 0.15) is 41.2 Å². The first-order valence-electron chi connectivity index (χ1n) is 11.0. The lowest BCUT2D eigenvalue weighted by Crippen LogP contribution is -2.14. The molecule has 0 bridgehead atoms. The predicted molar refractivity (Wildman–Crippen MR) is 131 cm³/mol. The number of rotatable bonds is 7. The van der Waals surface area contributed by atoms with E-state index in [1.807, 2.05) is 37.3 Å². The van der Waals surface area contributed by atoms with Gasteiger partial charge in [-0.05, 0) is 42.7 Å². The molecule has 0 spiro atoms. The maximum absolute atomic E-state index is 11.4. The van der Waals surface area contributed by atoms with E-state index in [-0.39, 0.29) is 6.04 Å². The molecule has 5 heteroatoms. The molecule has 0 saturated carbocycles. The molecule has 1 aromatic heterocycles. The minimum Gasteiger partial charge on any atom is -0.320 e. The SMILES string of the molecule is Cc1nc(Cc2ccccc2)n(C(C)c2ccccc2)c1-c1cccc(C=CC(=O)NO)c1. The van der Waals surface area contributed by atoms with Crippen molar-refractivity contribution in [1.29, 1.82) is 0 Å². The molecule has 0 radical (unpaired) electrons. The molecule has 3 aromatic carbocycles. The zero-order chi connectivity index (χ0) is 23.2. The van der Waals surface area contributed by atoms with Crippen molar-refractivity contribution in [3.8, 4) is 11.3 Å². The fraction of sp³-hybridized carbons (Fsp3) is 0.143. The Morgan fingerprint density at radius 1 is 1.03 bits per heavy atom. The van der Waals surface area contributed by atoms with Gasteiger partial charge in [0, 0.05) is 18.1 Å². The second kappa shape index (κ2) is 10.1. The first-order valence-corrected chi connectivity index (χ1v) is 11.0. The highest BCUT2D eigenvalue weighted by atomic mass is 16.5. The van der Waals surface area contributed by atoms with Crippen LogP contribution in [0.25, 0.3) is 17.3 Å². The summed E-state index contributed by atoms with van der Waals surface area (Å²) in [6.07, 6.45) is 3.71. The maximum atomic E-state index is 11.4. The molecule has 1 heterocycles. The van der Waals surface area contributed by atoms with Gasteiger partial charge < -0.3 is 4.57 Å². The van der Waals surface area contributed by atoms with Gasteiger partial charge in [-0.1, -0.05) is 78.9 Å². The summed E-state index contributed by atoms with van der Waals surface area (Å²) in [6.45, 7) is 4.24. The second-order valence-corrected chi connectivity index (χ2v) is 8.02. The summed E-state index contributed by atoms with van der Waals surface area (Å²) >= 11 is 0. The van der Waals surface area contributed by atoms with E-state index in [4.69, 9.17) is 10.2 Å². The van der Waals surface area contributed by atoms with Crippen LogP contribution < -0.4 is 5.48 Å². The Hall–Kier alpha value is -3.96. The lowest BCUT2D eigenvalue weighted by atomic mass is 10.0. The van der Waals surface area contributed by atoms with Gasteiger partial charge in [-0.2, -0.15) is 0 Å². The summed E-state index contributed by atoms with van der Waals surface area (Å²) in [5.74, 6) is 0.440. The van der Waals surface area contributed by atoms with Crippen LogP contribution in [0, 0.1) is 6.92 Å². The topological polar surface area (TPSA) is 67.2 Å². The standard InChI is InChI=1S/C28H27N3O2/c1-20-28(25-15-9-12-23(18-25)16-17-27(32)30-33)31(21(2)24-13-7-4-8-14-24)26(29-20)19-22-10-5-3-6-11-22/h3-18,21,33H,19H2,1-2H3,(H,30,32). The number of aromatic nitrogens is 2. The molecule has 0 saturated heterocycles. The summed E-state index contributed by atoms with van der Waals surface area (Å²) in [5.41, 5.74) is 7.93. The second-order valence-electron chi connectivity index (χ2n) is 8.02. The molecule has 0 aliphatic carbocycles. The Balaban J connectivity index is 1.83. The Kier molecular flexibility index (Phi) is 6.81.